The lowest BCUT2D eigenvalue weighted by Crippen LogP contribution is -2.54. The second kappa shape index (κ2) is 21.0. The number of amides is 3. The van der Waals surface area contributed by atoms with Crippen molar-refractivity contribution >= 4 is 91.5 Å². The SMILES string of the molecule is CCc1ncc2c(P(C)(C)=O)c(Nc3nc(Nc4cc(CC)c(N5CCC(N6CCN(CC7CCN(c8ccc9c(c8)CN(C8CCC(=O)NC8=O)C9=O)CC7)CC6)CC5)cc4OC)ncc3Br)ccc2n1. The van der Waals surface area contributed by atoms with Crippen molar-refractivity contribution in [3.05, 3.63) is 81.8 Å². The van der Waals surface area contributed by atoms with Gasteiger partial charge in [-0.1, -0.05) is 13.8 Å². The van der Waals surface area contributed by atoms with E-state index >= 15 is 0 Å². The summed E-state index contributed by atoms with van der Waals surface area (Å²) in [6.45, 7) is 17.6. The number of rotatable bonds is 14. The molecule has 0 bridgehead atoms. The van der Waals surface area contributed by atoms with Gasteiger partial charge >= 0.3 is 0 Å². The summed E-state index contributed by atoms with van der Waals surface area (Å²) < 4.78 is 20.4. The summed E-state index contributed by atoms with van der Waals surface area (Å²) in [5.41, 5.74) is 7.42. The Morgan fingerprint density at radius 1 is 0.819 bits per heavy atom. The van der Waals surface area contributed by atoms with Crippen molar-refractivity contribution in [3.63, 3.8) is 0 Å². The third-order valence-electron chi connectivity index (χ3n) is 15.4. The highest BCUT2D eigenvalue weighted by molar-refractivity contribution is 9.10. The van der Waals surface area contributed by atoms with Gasteiger partial charge in [-0.25, -0.2) is 15.0 Å². The first-order chi connectivity index (χ1) is 34.8. The Morgan fingerprint density at radius 3 is 2.29 bits per heavy atom. The Bertz CT molecular complexity index is 2930. The summed E-state index contributed by atoms with van der Waals surface area (Å²) in [5, 5.41) is 10.7. The molecular formula is C53H66BrN12O5P. The Kier molecular flexibility index (Phi) is 14.6. The number of fused-ring (bicyclic) bond motifs is 2. The minimum atomic E-state index is -2.78. The van der Waals surface area contributed by atoms with Crippen LogP contribution in [0.2, 0.25) is 0 Å². The number of piperazine rings is 1. The number of methoxy groups -OCH3 is 1. The molecule has 0 radical (unpaired) electrons. The lowest BCUT2D eigenvalue weighted by molar-refractivity contribution is -0.136. The summed E-state index contributed by atoms with van der Waals surface area (Å²) in [4.78, 5) is 68.1. The zero-order chi connectivity index (χ0) is 50.3. The molecule has 5 aliphatic rings. The maximum Gasteiger partial charge on any atom is 0.255 e. The molecule has 10 rings (SSSR count). The molecule has 0 aliphatic carbocycles. The molecule has 3 N–H and O–H groups in total. The van der Waals surface area contributed by atoms with Crippen molar-refractivity contribution < 1.29 is 23.7 Å². The molecule has 5 aromatic rings. The minimum Gasteiger partial charge on any atom is -0.494 e. The molecule has 7 heterocycles. The zero-order valence-corrected chi connectivity index (χ0v) is 44.5. The lowest BCUT2D eigenvalue weighted by Gasteiger charge is -2.44. The van der Waals surface area contributed by atoms with Gasteiger partial charge in [-0.15, -0.1) is 0 Å². The zero-order valence-electron chi connectivity index (χ0n) is 42.0. The molecule has 17 nitrogen and oxygen atoms in total. The van der Waals surface area contributed by atoms with Crippen LogP contribution in [0.1, 0.15) is 79.7 Å². The van der Waals surface area contributed by atoms with Crippen LogP contribution in [-0.4, -0.2) is 144 Å². The molecule has 3 amide bonds. The molecule has 1 unspecified atom stereocenters. The van der Waals surface area contributed by atoms with Gasteiger partial charge in [0.2, 0.25) is 17.8 Å². The Labute approximate surface area is 430 Å². The summed E-state index contributed by atoms with van der Waals surface area (Å²) in [5.74, 6) is 2.27. The van der Waals surface area contributed by atoms with Crippen molar-refractivity contribution in [2.24, 2.45) is 5.92 Å². The number of imide groups is 1. The molecule has 4 fully saturated rings. The summed E-state index contributed by atoms with van der Waals surface area (Å²) >= 11 is 3.63. The molecule has 1 atom stereocenters. The third kappa shape index (κ3) is 10.4. The Morgan fingerprint density at radius 2 is 1.58 bits per heavy atom. The first-order valence-electron chi connectivity index (χ1n) is 25.6. The van der Waals surface area contributed by atoms with Crippen molar-refractivity contribution in [2.45, 2.75) is 83.8 Å². The molecule has 2 aromatic heterocycles. The molecule has 4 saturated heterocycles. The van der Waals surface area contributed by atoms with E-state index in [4.69, 9.17) is 9.72 Å². The van der Waals surface area contributed by atoms with E-state index in [0.717, 1.165) is 125 Å². The molecule has 5 aliphatic heterocycles. The van der Waals surface area contributed by atoms with Crippen LogP contribution in [0, 0.1) is 5.92 Å². The maximum absolute atomic E-state index is 13.7. The topological polar surface area (TPSA) is 181 Å². The average Bonchev–Trinajstić information content (AvgIpc) is 3.71. The number of benzene rings is 3. The molecular weight excluding hydrogens is 996 g/mol. The number of nitrogens with zero attached hydrogens (tertiary/aromatic N) is 9. The van der Waals surface area contributed by atoms with Crippen molar-refractivity contribution in [3.8, 4) is 5.75 Å². The number of nitrogens with one attached hydrogen (secondary N) is 3. The molecule has 0 spiro atoms. The number of hydrogen-bond donors (Lipinski definition) is 3. The van der Waals surface area contributed by atoms with Crippen LogP contribution in [0.5, 0.6) is 5.75 Å². The fourth-order valence-electron chi connectivity index (χ4n) is 11.5. The van der Waals surface area contributed by atoms with E-state index in [1.165, 1.54) is 11.3 Å². The molecule has 19 heteroatoms. The van der Waals surface area contributed by atoms with Gasteiger partial charge in [0.15, 0.2) is 0 Å². The van der Waals surface area contributed by atoms with E-state index in [9.17, 15) is 18.9 Å². The number of carbonyl (C=O) groups excluding carboxylic acids is 3. The van der Waals surface area contributed by atoms with E-state index in [1.807, 2.05) is 25.1 Å². The number of piperidine rings is 3. The van der Waals surface area contributed by atoms with Gasteiger partial charge < -0.3 is 39.5 Å². The minimum absolute atomic E-state index is 0.125. The van der Waals surface area contributed by atoms with Gasteiger partial charge in [0.1, 0.15) is 30.6 Å². The smallest absolute Gasteiger partial charge is 0.255 e. The Hall–Kier alpha value is -5.68. The van der Waals surface area contributed by atoms with Crippen LogP contribution in [0.3, 0.4) is 0 Å². The number of hydrogen-bond acceptors (Lipinski definition) is 15. The normalized spacial score (nSPS) is 19.8. The highest BCUT2D eigenvalue weighted by Gasteiger charge is 2.39. The van der Waals surface area contributed by atoms with Crippen molar-refractivity contribution in [2.75, 3.05) is 99.8 Å². The number of ether oxygens (including phenoxy) is 1. The number of aryl methyl sites for hydroxylation is 2. The maximum atomic E-state index is 13.7. The fourth-order valence-corrected chi connectivity index (χ4v) is 13.2. The van der Waals surface area contributed by atoms with Crippen LogP contribution in [0.25, 0.3) is 10.9 Å². The van der Waals surface area contributed by atoms with Crippen molar-refractivity contribution in [1.29, 1.82) is 0 Å². The van der Waals surface area contributed by atoms with E-state index in [0.29, 0.717) is 69.9 Å². The Balaban J connectivity index is 0.708. The van der Waals surface area contributed by atoms with Gasteiger partial charge in [-0.3, -0.25) is 24.6 Å². The van der Waals surface area contributed by atoms with E-state index in [1.54, 1.807) is 37.7 Å². The number of anilines is 6. The standard InChI is InChI=1S/C53H66BrN12O5P/c1-6-34-27-43(59-53-56-30-40(54)50(61-53)58-42-11-10-41-39(49(42)72(4,5)70)29-55-47(7-2)57-41)46(71-3)28-45(34)65-20-16-36(17-21-65)64-24-22-62(23-25-64)31-33-14-18-63(19-15-33)37-8-9-38-35(26-37)32-66(52(38)69)44-12-13-48(67)60-51(44)68/h8-11,26-30,33,36,44H,6-7,12-25,31-32H2,1-5H3,(H,60,67,68)(H2,56,58,59,61). The largest absolute Gasteiger partial charge is 0.494 e. The molecule has 72 heavy (non-hydrogen) atoms. The third-order valence-corrected chi connectivity index (χ3v) is 17.5. The van der Waals surface area contributed by atoms with E-state index < -0.39 is 13.2 Å². The second-order valence-corrected chi connectivity index (χ2v) is 24.3. The quantitative estimate of drug-likeness (QED) is 0.0743. The predicted molar refractivity (Wildman–Crippen MR) is 287 cm³/mol. The van der Waals surface area contributed by atoms with Crippen LogP contribution in [0.15, 0.2) is 59.3 Å². The monoisotopic (exact) mass is 1060 g/mol. The van der Waals surface area contributed by atoms with E-state index in [2.05, 4.69) is 97.6 Å². The average molecular weight is 1060 g/mol. The van der Waals surface area contributed by atoms with Crippen LogP contribution < -0.4 is 35.8 Å². The van der Waals surface area contributed by atoms with Crippen molar-refractivity contribution in [1.82, 2.24) is 40.0 Å². The summed E-state index contributed by atoms with van der Waals surface area (Å²) in [7, 11) is -1.08. The highest BCUT2D eigenvalue weighted by Crippen LogP contribution is 2.43. The predicted octanol–water partition coefficient (Wildman–Crippen LogP) is 7.31. The first-order valence-corrected chi connectivity index (χ1v) is 29.0. The van der Waals surface area contributed by atoms with Gasteiger partial charge in [0.05, 0.1) is 28.5 Å². The number of aromatic nitrogens is 4. The first kappa shape index (κ1) is 49.9. The highest BCUT2D eigenvalue weighted by atomic mass is 79.9. The number of halogens is 1. The van der Waals surface area contributed by atoms with E-state index in [-0.39, 0.29) is 24.1 Å². The second-order valence-electron chi connectivity index (χ2n) is 20.3. The van der Waals surface area contributed by atoms with Gasteiger partial charge in [0, 0.05) is 130 Å². The number of carbonyl (C=O) groups is 3. The molecule has 3 aromatic carbocycles. The van der Waals surface area contributed by atoms with Gasteiger partial charge in [0.25, 0.3) is 5.91 Å². The van der Waals surface area contributed by atoms with Crippen LogP contribution in [-0.2, 0) is 33.5 Å². The lowest BCUT2D eigenvalue weighted by atomic mass is 9.95. The molecule has 380 valence electrons. The van der Waals surface area contributed by atoms with Crippen LogP contribution in [0.4, 0.5) is 34.5 Å². The molecule has 0 saturated carbocycles. The fraction of sp³-hybridized carbons (Fsp3) is 0.491. The van der Waals surface area contributed by atoms with Gasteiger partial charge in [-0.05, 0) is 121 Å². The summed E-state index contributed by atoms with van der Waals surface area (Å²) in [6.07, 6.45) is 10.2. The van der Waals surface area contributed by atoms with Crippen LogP contribution >= 0.6 is 23.1 Å². The van der Waals surface area contributed by atoms with Gasteiger partial charge in [-0.2, -0.15) is 4.98 Å². The summed E-state index contributed by atoms with van der Waals surface area (Å²) in [6, 6.07) is 14.2.